The van der Waals surface area contributed by atoms with E-state index in [-0.39, 0.29) is 24.3 Å². The van der Waals surface area contributed by atoms with Crippen LogP contribution in [0.25, 0.3) is 0 Å². The van der Waals surface area contributed by atoms with Crippen LogP contribution in [0.3, 0.4) is 0 Å². The molecule has 3 fully saturated rings. The van der Waals surface area contributed by atoms with E-state index >= 15 is 0 Å². The Hall–Kier alpha value is -0.480. The molecule has 3 rings (SSSR count). The Labute approximate surface area is 121 Å². The molecule has 4 heteroatoms. The minimum absolute atomic E-state index is 0.0109. The standard InChI is InChI=1S/C16H28N2O2/c19-14-8-4-3-7-13(14)17-18-16-12-6-2-1-5-11(12)9-10-15(16)20/h11-16,19-20H,1-10H2. The average Bonchev–Trinajstić information content (AvgIpc) is 2.48. The second-order valence-corrected chi connectivity index (χ2v) is 6.99. The fraction of sp³-hybridized carbons (Fsp3) is 1.00. The zero-order valence-corrected chi connectivity index (χ0v) is 12.3. The Morgan fingerprint density at radius 3 is 2.25 bits per heavy atom. The van der Waals surface area contributed by atoms with Crippen LogP contribution < -0.4 is 0 Å². The lowest BCUT2D eigenvalue weighted by atomic mass is 9.67. The maximum absolute atomic E-state index is 10.3. The summed E-state index contributed by atoms with van der Waals surface area (Å²) in [4.78, 5) is 0. The summed E-state index contributed by atoms with van der Waals surface area (Å²) in [7, 11) is 0. The van der Waals surface area contributed by atoms with Gasteiger partial charge in [0.1, 0.15) is 0 Å². The average molecular weight is 280 g/mol. The van der Waals surface area contributed by atoms with Gasteiger partial charge in [-0.2, -0.15) is 10.2 Å². The van der Waals surface area contributed by atoms with Crippen LogP contribution in [0.2, 0.25) is 0 Å². The van der Waals surface area contributed by atoms with E-state index in [0.717, 1.165) is 44.4 Å². The number of hydrogen-bond donors (Lipinski definition) is 2. The largest absolute Gasteiger partial charge is 0.391 e. The second kappa shape index (κ2) is 6.52. The predicted octanol–water partition coefficient (Wildman–Crippen LogP) is 3.07. The van der Waals surface area contributed by atoms with E-state index in [9.17, 15) is 10.2 Å². The number of aliphatic hydroxyl groups is 2. The first-order valence-electron chi connectivity index (χ1n) is 8.52. The maximum Gasteiger partial charge on any atom is 0.0997 e. The van der Waals surface area contributed by atoms with E-state index in [1.165, 1.54) is 25.7 Å². The third-order valence-corrected chi connectivity index (χ3v) is 5.68. The monoisotopic (exact) mass is 280 g/mol. The van der Waals surface area contributed by atoms with Gasteiger partial charge >= 0.3 is 0 Å². The molecule has 0 aromatic carbocycles. The van der Waals surface area contributed by atoms with Gasteiger partial charge in [0.2, 0.25) is 0 Å². The highest BCUT2D eigenvalue weighted by Crippen LogP contribution is 2.42. The minimum Gasteiger partial charge on any atom is -0.391 e. The molecular weight excluding hydrogens is 252 g/mol. The summed E-state index contributed by atoms with van der Waals surface area (Å²) in [6.45, 7) is 0. The van der Waals surface area contributed by atoms with Crippen molar-refractivity contribution in [3.05, 3.63) is 0 Å². The van der Waals surface area contributed by atoms with E-state index in [1.54, 1.807) is 0 Å². The quantitative estimate of drug-likeness (QED) is 0.763. The van der Waals surface area contributed by atoms with Crippen molar-refractivity contribution in [2.75, 3.05) is 0 Å². The third-order valence-electron chi connectivity index (χ3n) is 5.68. The molecule has 0 radical (unpaired) electrons. The van der Waals surface area contributed by atoms with Crippen molar-refractivity contribution < 1.29 is 10.2 Å². The Balaban J connectivity index is 1.66. The molecule has 3 saturated carbocycles. The lowest BCUT2D eigenvalue weighted by molar-refractivity contribution is 0.0219. The number of rotatable bonds is 2. The topological polar surface area (TPSA) is 65.2 Å². The molecule has 0 aromatic rings. The summed E-state index contributed by atoms with van der Waals surface area (Å²) in [5, 5.41) is 29.2. The molecule has 2 N–H and O–H groups in total. The van der Waals surface area contributed by atoms with Crippen molar-refractivity contribution in [2.45, 2.75) is 88.5 Å². The van der Waals surface area contributed by atoms with Gasteiger partial charge in [0.15, 0.2) is 0 Å². The SMILES string of the molecule is OC1CCCCC1N=NC1C(O)CCC2CCCCC21. The lowest BCUT2D eigenvalue weighted by Crippen LogP contribution is -2.42. The number of fused-ring (bicyclic) bond motifs is 1. The van der Waals surface area contributed by atoms with Gasteiger partial charge in [-0.05, 0) is 43.9 Å². The summed E-state index contributed by atoms with van der Waals surface area (Å²) in [6.07, 6.45) is 10.5. The Bertz CT molecular complexity index is 347. The first-order valence-corrected chi connectivity index (χ1v) is 8.52. The minimum atomic E-state index is -0.324. The molecular formula is C16H28N2O2. The Morgan fingerprint density at radius 1 is 0.650 bits per heavy atom. The molecule has 6 atom stereocenters. The molecule has 0 aliphatic heterocycles. The highest BCUT2D eigenvalue weighted by atomic mass is 16.3. The van der Waals surface area contributed by atoms with Gasteiger partial charge in [0.05, 0.1) is 24.3 Å². The summed E-state index contributed by atoms with van der Waals surface area (Å²) < 4.78 is 0. The van der Waals surface area contributed by atoms with Crippen molar-refractivity contribution in [1.82, 2.24) is 0 Å². The van der Waals surface area contributed by atoms with E-state index in [2.05, 4.69) is 10.2 Å². The van der Waals surface area contributed by atoms with Crippen LogP contribution in [0.15, 0.2) is 10.2 Å². The number of aliphatic hydroxyl groups excluding tert-OH is 2. The van der Waals surface area contributed by atoms with Crippen molar-refractivity contribution >= 4 is 0 Å². The molecule has 0 amide bonds. The fourth-order valence-corrected chi connectivity index (χ4v) is 4.44. The highest BCUT2D eigenvalue weighted by molar-refractivity contribution is 4.94. The summed E-state index contributed by atoms with van der Waals surface area (Å²) in [5.41, 5.74) is 0. The zero-order chi connectivity index (χ0) is 13.9. The van der Waals surface area contributed by atoms with E-state index in [0.29, 0.717) is 5.92 Å². The van der Waals surface area contributed by atoms with E-state index in [4.69, 9.17) is 0 Å². The van der Waals surface area contributed by atoms with Gasteiger partial charge in [0.25, 0.3) is 0 Å². The van der Waals surface area contributed by atoms with Crippen molar-refractivity contribution in [1.29, 1.82) is 0 Å². The van der Waals surface area contributed by atoms with Crippen molar-refractivity contribution in [2.24, 2.45) is 22.1 Å². The van der Waals surface area contributed by atoms with Gasteiger partial charge in [-0.15, -0.1) is 0 Å². The summed E-state index contributed by atoms with van der Waals surface area (Å²) in [6, 6.07) is -0.0388. The normalized spacial score (nSPS) is 46.3. The number of hydrogen-bond acceptors (Lipinski definition) is 4. The van der Waals surface area contributed by atoms with Crippen LogP contribution in [0, 0.1) is 11.8 Å². The molecule has 0 heterocycles. The molecule has 0 saturated heterocycles. The number of azo groups is 1. The molecule has 6 unspecified atom stereocenters. The van der Waals surface area contributed by atoms with Gasteiger partial charge in [0, 0.05) is 0 Å². The second-order valence-electron chi connectivity index (χ2n) is 6.99. The first kappa shape index (κ1) is 14.5. The third kappa shape index (κ3) is 3.06. The van der Waals surface area contributed by atoms with Crippen molar-refractivity contribution in [3.8, 4) is 0 Å². The van der Waals surface area contributed by atoms with Crippen LogP contribution in [0.5, 0.6) is 0 Å². The van der Waals surface area contributed by atoms with Gasteiger partial charge in [-0.1, -0.05) is 32.1 Å². The van der Waals surface area contributed by atoms with E-state index < -0.39 is 0 Å². The summed E-state index contributed by atoms with van der Waals surface area (Å²) >= 11 is 0. The molecule has 3 aliphatic rings. The van der Waals surface area contributed by atoms with Crippen LogP contribution in [-0.2, 0) is 0 Å². The van der Waals surface area contributed by atoms with Gasteiger partial charge in [-0.25, -0.2) is 0 Å². The molecule has 0 spiro atoms. The first-order chi connectivity index (χ1) is 9.75. The highest BCUT2D eigenvalue weighted by Gasteiger charge is 2.40. The van der Waals surface area contributed by atoms with Gasteiger partial charge in [-0.3, -0.25) is 0 Å². The molecule has 0 bridgehead atoms. The van der Waals surface area contributed by atoms with E-state index in [1.807, 2.05) is 0 Å². The molecule has 20 heavy (non-hydrogen) atoms. The van der Waals surface area contributed by atoms with Crippen LogP contribution in [0.4, 0.5) is 0 Å². The van der Waals surface area contributed by atoms with Gasteiger partial charge < -0.3 is 10.2 Å². The molecule has 4 nitrogen and oxygen atoms in total. The Morgan fingerprint density at radius 2 is 1.40 bits per heavy atom. The van der Waals surface area contributed by atoms with Crippen molar-refractivity contribution in [3.63, 3.8) is 0 Å². The molecule has 114 valence electrons. The fourth-order valence-electron chi connectivity index (χ4n) is 4.44. The molecule has 0 aromatic heterocycles. The number of nitrogens with zero attached hydrogens (tertiary/aromatic N) is 2. The summed E-state index contributed by atoms with van der Waals surface area (Å²) in [5.74, 6) is 1.27. The Kier molecular flexibility index (Phi) is 4.72. The van der Waals surface area contributed by atoms with Crippen LogP contribution >= 0.6 is 0 Å². The lowest BCUT2D eigenvalue weighted by Gasteiger charge is -2.41. The smallest absolute Gasteiger partial charge is 0.0997 e. The zero-order valence-electron chi connectivity index (χ0n) is 12.3. The maximum atomic E-state index is 10.3. The molecule has 3 aliphatic carbocycles. The van der Waals surface area contributed by atoms with Crippen LogP contribution in [0.1, 0.15) is 64.2 Å². The van der Waals surface area contributed by atoms with Crippen LogP contribution in [-0.4, -0.2) is 34.5 Å². The predicted molar refractivity (Wildman–Crippen MR) is 77.6 cm³/mol.